The van der Waals surface area contributed by atoms with E-state index in [1.54, 1.807) is 6.07 Å². The zero-order valence-corrected chi connectivity index (χ0v) is 12.3. The van der Waals surface area contributed by atoms with Gasteiger partial charge in [-0.25, -0.2) is 18.6 Å². The largest absolute Gasteiger partial charge is 0.464 e. The first-order chi connectivity index (χ1) is 10.4. The van der Waals surface area contributed by atoms with Gasteiger partial charge in [-0.2, -0.15) is 5.26 Å². The van der Waals surface area contributed by atoms with E-state index in [1.807, 2.05) is 0 Å². The molecule has 0 saturated heterocycles. The van der Waals surface area contributed by atoms with Gasteiger partial charge < -0.3 is 4.74 Å². The maximum Gasteiger partial charge on any atom is 0.358 e. The van der Waals surface area contributed by atoms with Gasteiger partial charge in [0.25, 0.3) is 0 Å². The fourth-order valence-corrected chi connectivity index (χ4v) is 2.05. The van der Waals surface area contributed by atoms with Crippen LogP contribution in [0.15, 0.2) is 18.2 Å². The Morgan fingerprint density at radius 2 is 2.09 bits per heavy atom. The van der Waals surface area contributed by atoms with Gasteiger partial charge >= 0.3 is 5.97 Å². The van der Waals surface area contributed by atoms with Crippen LogP contribution >= 0.6 is 11.6 Å². The van der Waals surface area contributed by atoms with Crippen LogP contribution in [-0.2, 0) is 4.74 Å². The molecule has 1 heterocycles. The molecule has 1 aromatic carbocycles. The number of pyridine rings is 1. The second kappa shape index (κ2) is 6.08. The van der Waals surface area contributed by atoms with E-state index in [0.29, 0.717) is 0 Å². The molecule has 0 bridgehead atoms. The van der Waals surface area contributed by atoms with Crippen molar-refractivity contribution in [1.29, 1.82) is 5.26 Å². The minimum Gasteiger partial charge on any atom is -0.464 e. The van der Waals surface area contributed by atoms with E-state index in [1.165, 1.54) is 19.1 Å². The summed E-state index contributed by atoms with van der Waals surface area (Å²) in [5, 5.41) is 8.53. The van der Waals surface area contributed by atoms with Crippen molar-refractivity contribution in [2.45, 2.75) is 6.92 Å². The monoisotopic (exact) mass is 322 g/mol. The van der Waals surface area contributed by atoms with Crippen LogP contribution in [0.1, 0.15) is 21.6 Å². The van der Waals surface area contributed by atoms with Crippen molar-refractivity contribution < 1.29 is 18.3 Å². The van der Waals surface area contributed by atoms with E-state index in [4.69, 9.17) is 16.9 Å². The molecular weight excluding hydrogens is 314 g/mol. The van der Waals surface area contributed by atoms with Gasteiger partial charge in [-0.1, -0.05) is 11.6 Å². The van der Waals surface area contributed by atoms with Crippen LogP contribution in [-0.4, -0.2) is 18.1 Å². The first-order valence-corrected chi connectivity index (χ1v) is 6.42. The highest BCUT2D eigenvalue weighted by Crippen LogP contribution is 2.31. The summed E-state index contributed by atoms with van der Waals surface area (Å²) in [7, 11) is 1.13. The minimum absolute atomic E-state index is 0.0455. The summed E-state index contributed by atoms with van der Waals surface area (Å²) in [6.45, 7) is 1.34. The first-order valence-electron chi connectivity index (χ1n) is 6.04. The number of carbonyl (C=O) groups excluding carboxylic acids is 1. The number of methoxy groups -OCH3 is 1. The minimum atomic E-state index is -0.858. The SMILES string of the molecule is COC(=O)c1nc(-c2ccc(C#N)cc2F)c(F)c(C)c1Cl. The lowest BCUT2D eigenvalue weighted by molar-refractivity contribution is 0.0594. The Kier molecular flexibility index (Phi) is 4.38. The highest BCUT2D eigenvalue weighted by atomic mass is 35.5. The highest BCUT2D eigenvalue weighted by molar-refractivity contribution is 6.34. The molecule has 0 saturated carbocycles. The molecule has 22 heavy (non-hydrogen) atoms. The van der Waals surface area contributed by atoms with Crippen LogP contribution in [0.5, 0.6) is 0 Å². The average molecular weight is 323 g/mol. The van der Waals surface area contributed by atoms with Crippen molar-refractivity contribution >= 4 is 17.6 Å². The topological polar surface area (TPSA) is 63.0 Å². The standard InChI is InChI=1S/C15H9ClF2N2O2/c1-7-11(16)14(15(21)22-2)20-13(12(7)18)9-4-3-8(6-19)5-10(9)17/h3-5H,1-2H3. The molecule has 0 spiro atoms. The number of hydrogen-bond acceptors (Lipinski definition) is 4. The lowest BCUT2D eigenvalue weighted by Crippen LogP contribution is -2.09. The van der Waals surface area contributed by atoms with Crippen molar-refractivity contribution in [3.63, 3.8) is 0 Å². The number of rotatable bonds is 2. The van der Waals surface area contributed by atoms with Crippen LogP contribution < -0.4 is 0 Å². The lowest BCUT2D eigenvalue weighted by atomic mass is 10.0. The van der Waals surface area contributed by atoms with E-state index in [2.05, 4.69) is 9.72 Å². The number of ether oxygens (including phenoxy) is 1. The summed E-state index contributed by atoms with van der Waals surface area (Å²) in [5.41, 5.74) is -0.816. The number of hydrogen-bond donors (Lipinski definition) is 0. The Morgan fingerprint density at radius 1 is 1.41 bits per heavy atom. The molecule has 0 unspecified atom stereocenters. The Bertz CT molecular complexity index is 816. The molecule has 2 aromatic rings. The third-order valence-corrected chi connectivity index (χ3v) is 3.49. The second-order valence-electron chi connectivity index (χ2n) is 4.36. The first kappa shape index (κ1) is 15.9. The molecule has 0 N–H and O–H groups in total. The second-order valence-corrected chi connectivity index (χ2v) is 4.74. The van der Waals surface area contributed by atoms with Crippen LogP contribution in [0, 0.1) is 29.9 Å². The normalized spacial score (nSPS) is 10.2. The molecule has 0 aliphatic heterocycles. The predicted molar refractivity (Wildman–Crippen MR) is 75.4 cm³/mol. The third-order valence-electron chi connectivity index (χ3n) is 3.03. The Labute approximate surface area is 129 Å². The third kappa shape index (κ3) is 2.63. The Morgan fingerprint density at radius 3 is 2.64 bits per heavy atom. The molecule has 0 amide bonds. The fraction of sp³-hybridized carbons (Fsp3) is 0.133. The molecule has 2 rings (SSSR count). The summed E-state index contributed by atoms with van der Waals surface area (Å²) in [6, 6.07) is 5.26. The van der Waals surface area contributed by atoms with Crippen molar-refractivity contribution in [2.24, 2.45) is 0 Å². The van der Waals surface area contributed by atoms with Gasteiger partial charge in [-0.05, 0) is 25.1 Å². The van der Waals surface area contributed by atoms with Gasteiger partial charge in [0.15, 0.2) is 11.5 Å². The summed E-state index contributed by atoms with van der Waals surface area (Å²) in [6.07, 6.45) is 0. The van der Waals surface area contributed by atoms with Crippen LogP contribution in [0.2, 0.25) is 5.02 Å². The predicted octanol–water partition coefficient (Wildman–Crippen LogP) is 3.65. The van der Waals surface area contributed by atoms with Crippen molar-refractivity contribution in [3.8, 4) is 17.3 Å². The van der Waals surface area contributed by atoms with Gasteiger partial charge in [-0.15, -0.1) is 0 Å². The number of aromatic nitrogens is 1. The molecule has 0 atom stereocenters. The molecule has 0 fully saturated rings. The smallest absolute Gasteiger partial charge is 0.358 e. The zero-order valence-electron chi connectivity index (χ0n) is 11.6. The fourth-order valence-electron chi connectivity index (χ4n) is 1.85. The molecule has 7 heteroatoms. The summed E-state index contributed by atoms with van der Waals surface area (Å²) in [4.78, 5) is 15.4. The lowest BCUT2D eigenvalue weighted by Gasteiger charge is -2.11. The number of nitrogens with zero attached hydrogens (tertiary/aromatic N) is 2. The van der Waals surface area contributed by atoms with E-state index < -0.39 is 17.6 Å². The van der Waals surface area contributed by atoms with E-state index in [-0.39, 0.29) is 33.1 Å². The molecule has 4 nitrogen and oxygen atoms in total. The molecule has 1 aromatic heterocycles. The van der Waals surface area contributed by atoms with Crippen LogP contribution in [0.25, 0.3) is 11.3 Å². The number of carbonyl (C=O) groups is 1. The average Bonchev–Trinajstić information content (AvgIpc) is 2.52. The van der Waals surface area contributed by atoms with Crippen LogP contribution in [0.3, 0.4) is 0 Å². The number of halogens is 3. The van der Waals surface area contributed by atoms with E-state index in [0.717, 1.165) is 13.2 Å². The number of nitriles is 1. The highest BCUT2D eigenvalue weighted by Gasteiger charge is 2.23. The summed E-state index contributed by atoms with van der Waals surface area (Å²) < 4.78 is 32.9. The summed E-state index contributed by atoms with van der Waals surface area (Å²) >= 11 is 5.88. The van der Waals surface area contributed by atoms with E-state index >= 15 is 0 Å². The van der Waals surface area contributed by atoms with Gasteiger partial charge in [0.1, 0.15) is 11.5 Å². The molecule has 112 valence electrons. The zero-order chi connectivity index (χ0) is 16.4. The molecule has 0 aliphatic rings. The number of esters is 1. The van der Waals surface area contributed by atoms with Crippen molar-refractivity contribution in [2.75, 3.05) is 7.11 Å². The molecule has 0 aliphatic carbocycles. The van der Waals surface area contributed by atoms with Gasteiger partial charge in [0, 0.05) is 11.1 Å². The Balaban J connectivity index is 2.73. The van der Waals surface area contributed by atoms with Gasteiger partial charge in [-0.3, -0.25) is 0 Å². The number of benzene rings is 1. The molecule has 0 radical (unpaired) electrons. The van der Waals surface area contributed by atoms with Gasteiger partial charge in [0.2, 0.25) is 0 Å². The Hall–Kier alpha value is -2.52. The van der Waals surface area contributed by atoms with Crippen LogP contribution in [0.4, 0.5) is 8.78 Å². The maximum atomic E-state index is 14.3. The molecular formula is C15H9ClF2N2O2. The van der Waals surface area contributed by atoms with Crippen molar-refractivity contribution in [3.05, 3.63) is 51.7 Å². The quantitative estimate of drug-likeness (QED) is 0.792. The maximum absolute atomic E-state index is 14.3. The van der Waals surface area contributed by atoms with Gasteiger partial charge in [0.05, 0.1) is 23.8 Å². The summed E-state index contributed by atoms with van der Waals surface area (Å²) in [5.74, 6) is -2.53. The van der Waals surface area contributed by atoms with Crippen molar-refractivity contribution in [1.82, 2.24) is 4.98 Å². The van der Waals surface area contributed by atoms with E-state index in [9.17, 15) is 13.6 Å².